The third-order valence-electron chi connectivity index (χ3n) is 3.63. The van der Waals surface area contributed by atoms with E-state index in [1.54, 1.807) is 13.2 Å². The summed E-state index contributed by atoms with van der Waals surface area (Å²) >= 11 is 5.91. The maximum absolute atomic E-state index is 11.8. The van der Waals surface area contributed by atoms with Gasteiger partial charge >= 0.3 is 6.03 Å². The van der Waals surface area contributed by atoms with Crippen molar-refractivity contribution in [1.82, 2.24) is 10.6 Å². The molecule has 2 N–H and O–H groups in total. The zero-order valence-corrected chi connectivity index (χ0v) is 15.2. The van der Waals surface area contributed by atoms with Crippen LogP contribution in [-0.4, -0.2) is 26.3 Å². The van der Waals surface area contributed by atoms with Crippen LogP contribution in [-0.2, 0) is 6.54 Å². The van der Waals surface area contributed by atoms with Gasteiger partial charge in [0.1, 0.15) is 11.5 Å². The summed E-state index contributed by atoms with van der Waals surface area (Å²) in [6.45, 7) is 3.42. The standard InChI is InChI=1S/C19H23ClN2O3/c1-14-12-16(20)8-9-17(14)25-11-5-10-21-19(23)22-13-15-6-3-4-7-18(15)24-2/h3-4,6-9,12H,5,10-11,13H2,1-2H3,(H2,21,22,23). The van der Waals surface area contributed by atoms with Crippen LogP contribution in [0.5, 0.6) is 11.5 Å². The fraction of sp³-hybridized carbons (Fsp3) is 0.316. The van der Waals surface area contributed by atoms with Gasteiger partial charge in [-0.25, -0.2) is 4.79 Å². The normalized spacial score (nSPS) is 10.2. The molecule has 0 aliphatic carbocycles. The monoisotopic (exact) mass is 362 g/mol. The Labute approximate surface area is 153 Å². The number of methoxy groups -OCH3 is 1. The SMILES string of the molecule is COc1ccccc1CNC(=O)NCCCOc1ccc(Cl)cc1C. The smallest absolute Gasteiger partial charge is 0.315 e. The second-order valence-corrected chi connectivity index (χ2v) is 5.97. The first-order valence-electron chi connectivity index (χ1n) is 8.12. The molecule has 6 heteroatoms. The lowest BCUT2D eigenvalue weighted by Crippen LogP contribution is -2.36. The fourth-order valence-corrected chi connectivity index (χ4v) is 2.54. The van der Waals surface area contributed by atoms with Gasteiger partial charge in [-0.1, -0.05) is 29.8 Å². The Bertz CT molecular complexity index is 707. The van der Waals surface area contributed by atoms with Gasteiger partial charge in [0.05, 0.1) is 13.7 Å². The van der Waals surface area contributed by atoms with Gasteiger partial charge in [0, 0.05) is 23.7 Å². The minimum absolute atomic E-state index is 0.214. The number of nitrogens with one attached hydrogen (secondary N) is 2. The molecular formula is C19H23ClN2O3. The summed E-state index contributed by atoms with van der Waals surface area (Å²) in [5.41, 5.74) is 1.93. The number of halogens is 1. The van der Waals surface area contributed by atoms with Gasteiger partial charge in [-0.2, -0.15) is 0 Å². The molecular weight excluding hydrogens is 340 g/mol. The van der Waals surface area contributed by atoms with Gasteiger partial charge in [0.25, 0.3) is 0 Å². The van der Waals surface area contributed by atoms with E-state index >= 15 is 0 Å². The first-order chi connectivity index (χ1) is 12.1. The zero-order chi connectivity index (χ0) is 18.1. The molecule has 0 fully saturated rings. The topological polar surface area (TPSA) is 59.6 Å². The van der Waals surface area contributed by atoms with Crippen LogP contribution >= 0.6 is 11.6 Å². The minimum atomic E-state index is -0.214. The minimum Gasteiger partial charge on any atom is -0.496 e. The quantitative estimate of drug-likeness (QED) is 0.699. The molecule has 2 aromatic rings. The van der Waals surface area contributed by atoms with Gasteiger partial charge in [-0.3, -0.25) is 0 Å². The Balaban J connectivity index is 1.64. The van der Waals surface area contributed by atoms with Crippen LogP contribution < -0.4 is 20.1 Å². The van der Waals surface area contributed by atoms with Crippen molar-refractivity contribution >= 4 is 17.6 Å². The largest absolute Gasteiger partial charge is 0.496 e. The number of aryl methyl sites for hydroxylation is 1. The van der Waals surface area contributed by atoms with E-state index in [4.69, 9.17) is 21.1 Å². The molecule has 25 heavy (non-hydrogen) atoms. The molecule has 0 aromatic heterocycles. The number of benzene rings is 2. The number of para-hydroxylation sites is 1. The van der Waals surface area contributed by atoms with Crippen LogP contribution in [0.4, 0.5) is 4.79 Å². The van der Waals surface area contributed by atoms with Crippen molar-refractivity contribution in [1.29, 1.82) is 0 Å². The molecule has 0 bridgehead atoms. The van der Waals surface area contributed by atoms with E-state index in [2.05, 4.69) is 10.6 Å². The molecule has 2 amide bonds. The predicted molar refractivity (Wildman–Crippen MR) is 99.5 cm³/mol. The molecule has 0 unspecified atom stereocenters. The Morgan fingerprint density at radius 3 is 2.68 bits per heavy atom. The number of hydrogen-bond donors (Lipinski definition) is 2. The van der Waals surface area contributed by atoms with Crippen molar-refractivity contribution in [2.75, 3.05) is 20.3 Å². The highest BCUT2D eigenvalue weighted by atomic mass is 35.5. The number of carbonyl (C=O) groups is 1. The van der Waals surface area contributed by atoms with Crippen molar-refractivity contribution < 1.29 is 14.3 Å². The summed E-state index contributed by atoms with van der Waals surface area (Å²) in [5, 5.41) is 6.31. The highest BCUT2D eigenvalue weighted by molar-refractivity contribution is 6.30. The van der Waals surface area contributed by atoms with Gasteiger partial charge in [0.15, 0.2) is 0 Å². The number of carbonyl (C=O) groups excluding carboxylic acids is 1. The van der Waals surface area contributed by atoms with E-state index in [0.29, 0.717) is 31.1 Å². The molecule has 0 spiro atoms. The second-order valence-electron chi connectivity index (χ2n) is 5.53. The summed E-state index contributed by atoms with van der Waals surface area (Å²) < 4.78 is 10.9. The van der Waals surface area contributed by atoms with Crippen molar-refractivity contribution in [3.63, 3.8) is 0 Å². The molecule has 0 saturated heterocycles. The van der Waals surface area contributed by atoms with E-state index in [-0.39, 0.29) is 6.03 Å². The molecule has 0 aliphatic heterocycles. The third kappa shape index (κ3) is 6.19. The van der Waals surface area contributed by atoms with E-state index < -0.39 is 0 Å². The Morgan fingerprint density at radius 1 is 1.12 bits per heavy atom. The van der Waals surface area contributed by atoms with Crippen LogP contribution in [0, 0.1) is 6.92 Å². The van der Waals surface area contributed by atoms with Crippen LogP contribution in [0.3, 0.4) is 0 Å². The van der Waals surface area contributed by atoms with Crippen molar-refractivity contribution in [3.8, 4) is 11.5 Å². The number of ether oxygens (including phenoxy) is 2. The summed E-state index contributed by atoms with van der Waals surface area (Å²) in [6.07, 6.45) is 0.712. The maximum Gasteiger partial charge on any atom is 0.315 e. The van der Waals surface area contributed by atoms with Crippen LogP contribution in [0.15, 0.2) is 42.5 Å². The maximum atomic E-state index is 11.8. The average molecular weight is 363 g/mol. The van der Waals surface area contributed by atoms with Crippen LogP contribution in [0.25, 0.3) is 0 Å². The molecule has 2 rings (SSSR count). The van der Waals surface area contributed by atoms with E-state index in [9.17, 15) is 4.79 Å². The average Bonchev–Trinajstić information content (AvgIpc) is 2.61. The highest BCUT2D eigenvalue weighted by Crippen LogP contribution is 2.21. The van der Waals surface area contributed by atoms with Gasteiger partial charge in [0.2, 0.25) is 0 Å². The fourth-order valence-electron chi connectivity index (χ4n) is 2.32. The highest BCUT2D eigenvalue weighted by Gasteiger charge is 2.05. The van der Waals surface area contributed by atoms with Crippen molar-refractivity contribution in [2.45, 2.75) is 19.9 Å². The summed E-state index contributed by atoms with van der Waals surface area (Å²) in [6, 6.07) is 12.9. The molecule has 2 aromatic carbocycles. The Morgan fingerprint density at radius 2 is 1.92 bits per heavy atom. The summed E-state index contributed by atoms with van der Waals surface area (Å²) in [5.74, 6) is 1.57. The van der Waals surface area contributed by atoms with E-state index in [1.807, 2.05) is 43.3 Å². The summed E-state index contributed by atoms with van der Waals surface area (Å²) in [7, 11) is 1.61. The molecule has 5 nitrogen and oxygen atoms in total. The number of amides is 2. The first kappa shape index (κ1) is 18.9. The van der Waals surface area contributed by atoms with Crippen LogP contribution in [0.2, 0.25) is 5.02 Å². The molecule has 0 heterocycles. The molecule has 0 radical (unpaired) electrons. The van der Waals surface area contributed by atoms with Gasteiger partial charge in [-0.05, 0) is 43.2 Å². The zero-order valence-electron chi connectivity index (χ0n) is 14.5. The summed E-state index contributed by atoms with van der Waals surface area (Å²) in [4.78, 5) is 11.8. The van der Waals surface area contributed by atoms with Crippen molar-refractivity contribution in [3.05, 3.63) is 58.6 Å². The van der Waals surface area contributed by atoms with E-state index in [0.717, 1.165) is 22.6 Å². The Hall–Kier alpha value is -2.40. The van der Waals surface area contributed by atoms with Gasteiger partial charge in [-0.15, -0.1) is 0 Å². The number of urea groups is 1. The lowest BCUT2D eigenvalue weighted by molar-refractivity contribution is 0.238. The lowest BCUT2D eigenvalue weighted by atomic mass is 10.2. The number of hydrogen-bond acceptors (Lipinski definition) is 3. The second kappa shape index (κ2) is 9.79. The lowest BCUT2D eigenvalue weighted by Gasteiger charge is -2.11. The molecule has 0 aliphatic rings. The van der Waals surface area contributed by atoms with Crippen molar-refractivity contribution in [2.24, 2.45) is 0 Å². The number of rotatable bonds is 8. The third-order valence-corrected chi connectivity index (χ3v) is 3.87. The Kier molecular flexibility index (Phi) is 7.41. The van der Waals surface area contributed by atoms with Crippen LogP contribution in [0.1, 0.15) is 17.5 Å². The first-order valence-corrected chi connectivity index (χ1v) is 8.50. The molecule has 0 atom stereocenters. The van der Waals surface area contributed by atoms with Gasteiger partial charge < -0.3 is 20.1 Å². The predicted octanol–water partition coefficient (Wildman–Crippen LogP) is 3.93. The van der Waals surface area contributed by atoms with E-state index in [1.165, 1.54) is 0 Å². The molecule has 0 saturated carbocycles. The molecule has 134 valence electrons.